The van der Waals surface area contributed by atoms with Crippen molar-refractivity contribution in [2.75, 3.05) is 0 Å². The molecule has 0 unspecified atom stereocenters. The van der Waals surface area contributed by atoms with Gasteiger partial charge in [0, 0.05) is 17.4 Å². The monoisotopic (exact) mass is 246 g/mol. The van der Waals surface area contributed by atoms with Crippen LogP contribution in [0.5, 0.6) is 0 Å². The molecule has 96 valence electrons. The van der Waals surface area contributed by atoms with Crippen molar-refractivity contribution < 1.29 is 14.7 Å². The predicted octanol–water partition coefficient (Wildman–Crippen LogP) is 1.81. The zero-order chi connectivity index (χ0) is 14.0. The van der Waals surface area contributed by atoms with Crippen molar-refractivity contribution in [1.82, 2.24) is 0 Å². The molecule has 0 fully saturated rings. The summed E-state index contributed by atoms with van der Waals surface area (Å²) in [6.07, 6.45) is 3.70. The second-order valence-electron chi connectivity index (χ2n) is 5.30. The molecule has 1 aliphatic carbocycles. The highest BCUT2D eigenvalue weighted by Crippen LogP contribution is 2.42. The summed E-state index contributed by atoms with van der Waals surface area (Å²) in [5.74, 6) is 5.58. The number of carbonyl (C=O) groups excluding carboxylic acids is 2. The van der Waals surface area contributed by atoms with Gasteiger partial charge in [-0.25, -0.2) is 0 Å². The van der Waals surface area contributed by atoms with Gasteiger partial charge in [0.1, 0.15) is 6.29 Å². The standard InChI is InChI=1S/C15H18O3/c1-11(6-8-16)5-7-15(18)12(2)9-13(17)10-14(15,3)4/h6,8-9,18H,10H2,1-4H3/b11-6-/t15-/m0/s1. The molecule has 1 atom stereocenters. The van der Waals surface area contributed by atoms with Gasteiger partial charge in [-0.05, 0) is 31.6 Å². The number of allylic oxidation sites excluding steroid dienone is 3. The Hall–Kier alpha value is -1.66. The van der Waals surface area contributed by atoms with Crippen molar-refractivity contribution >= 4 is 12.1 Å². The van der Waals surface area contributed by atoms with Crippen molar-refractivity contribution in [3.05, 3.63) is 23.3 Å². The van der Waals surface area contributed by atoms with E-state index in [-0.39, 0.29) is 12.2 Å². The molecule has 0 saturated carbocycles. The first-order chi connectivity index (χ1) is 8.23. The van der Waals surface area contributed by atoms with E-state index in [2.05, 4.69) is 11.8 Å². The summed E-state index contributed by atoms with van der Waals surface area (Å²) in [6.45, 7) is 7.03. The lowest BCUT2D eigenvalue weighted by Crippen LogP contribution is -2.48. The topological polar surface area (TPSA) is 54.4 Å². The molecule has 1 N–H and O–H groups in total. The quantitative estimate of drug-likeness (QED) is 0.436. The number of hydrogen-bond acceptors (Lipinski definition) is 3. The Balaban J connectivity index is 3.25. The minimum absolute atomic E-state index is 0.00382. The molecule has 0 bridgehead atoms. The van der Waals surface area contributed by atoms with Crippen LogP contribution in [0.3, 0.4) is 0 Å². The highest BCUT2D eigenvalue weighted by Gasteiger charge is 2.47. The van der Waals surface area contributed by atoms with Gasteiger partial charge < -0.3 is 5.11 Å². The summed E-state index contributed by atoms with van der Waals surface area (Å²) in [4.78, 5) is 21.8. The predicted molar refractivity (Wildman–Crippen MR) is 69.7 cm³/mol. The Morgan fingerprint density at radius 2 is 2.11 bits per heavy atom. The summed E-state index contributed by atoms with van der Waals surface area (Å²) < 4.78 is 0. The van der Waals surface area contributed by atoms with Crippen LogP contribution in [0.4, 0.5) is 0 Å². The van der Waals surface area contributed by atoms with Crippen molar-refractivity contribution in [2.24, 2.45) is 5.41 Å². The van der Waals surface area contributed by atoms with E-state index in [0.717, 1.165) is 0 Å². The molecule has 0 radical (unpaired) electrons. The second-order valence-corrected chi connectivity index (χ2v) is 5.30. The number of aldehydes is 1. The van der Waals surface area contributed by atoms with Gasteiger partial charge in [0.2, 0.25) is 0 Å². The average molecular weight is 246 g/mol. The molecule has 0 aliphatic heterocycles. The minimum atomic E-state index is -1.33. The Morgan fingerprint density at radius 3 is 2.61 bits per heavy atom. The Morgan fingerprint density at radius 1 is 1.50 bits per heavy atom. The first kappa shape index (κ1) is 14.4. The van der Waals surface area contributed by atoms with Gasteiger partial charge in [-0.1, -0.05) is 25.7 Å². The summed E-state index contributed by atoms with van der Waals surface area (Å²) >= 11 is 0. The van der Waals surface area contributed by atoms with Gasteiger partial charge in [-0.2, -0.15) is 0 Å². The fraction of sp³-hybridized carbons (Fsp3) is 0.467. The normalized spacial score (nSPS) is 27.1. The zero-order valence-electron chi connectivity index (χ0n) is 11.2. The van der Waals surface area contributed by atoms with Crippen molar-refractivity contribution in [2.45, 2.75) is 39.7 Å². The molecular formula is C15H18O3. The van der Waals surface area contributed by atoms with Crippen LogP contribution in [0.2, 0.25) is 0 Å². The molecule has 0 aromatic carbocycles. The fourth-order valence-electron chi connectivity index (χ4n) is 2.09. The van der Waals surface area contributed by atoms with Crippen LogP contribution in [0.15, 0.2) is 23.3 Å². The molecule has 0 amide bonds. The zero-order valence-corrected chi connectivity index (χ0v) is 11.2. The Bertz CT molecular complexity index is 498. The summed E-state index contributed by atoms with van der Waals surface area (Å²) in [7, 11) is 0. The molecule has 0 spiro atoms. The lowest BCUT2D eigenvalue weighted by atomic mass is 9.65. The van der Waals surface area contributed by atoms with Crippen LogP contribution in [-0.2, 0) is 9.59 Å². The molecule has 1 aliphatic rings. The first-order valence-corrected chi connectivity index (χ1v) is 5.82. The fourth-order valence-corrected chi connectivity index (χ4v) is 2.09. The number of carbonyl (C=O) groups is 2. The molecule has 3 nitrogen and oxygen atoms in total. The van der Waals surface area contributed by atoms with E-state index in [4.69, 9.17) is 0 Å². The number of aliphatic hydroxyl groups is 1. The third-order valence-corrected chi connectivity index (χ3v) is 3.30. The summed E-state index contributed by atoms with van der Waals surface area (Å²) in [5.41, 5.74) is -0.843. The Kier molecular flexibility index (Phi) is 3.93. The highest BCUT2D eigenvalue weighted by atomic mass is 16.3. The third-order valence-electron chi connectivity index (χ3n) is 3.30. The van der Waals surface area contributed by atoms with Gasteiger partial charge in [-0.15, -0.1) is 0 Å². The summed E-state index contributed by atoms with van der Waals surface area (Å²) in [6, 6.07) is 0. The molecular weight excluding hydrogens is 228 g/mol. The van der Waals surface area contributed by atoms with E-state index >= 15 is 0 Å². The second kappa shape index (κ2) is 4.91. The van der Waals surface area contributed by atoms with Crippen molar-refractivity contribution in [3.63, 3.8) is 0 Å². The van der Waals surface area contributed by atoms with Crippen LogP contribution >= 0.6 is 0 Å². The molecule has 0 aromatic rings. The van der Waals surface area contributed by atoms with Crippen LogP contribution in [0.1, 0.15) is 34.1 Å². The van der Waals surface area contributed by atoms with E-state index in [0.29, 0.717) is 17.4 Å². The lowest BCUT2D eigenvalue weighted by molar-refractivity contribution is -0.121. The van der Waals surface area contributed by atoms with Gasteiger partial charge in [0.25, 0.3) is 0 Å². The van der Waals surface area contributed by atoms with Gasteiger partial charge >= 0.3 is 0 Å². The molecule has 3 heteroatoms. The number of ketones is 1. The maximum atomic E-state index is 11.5. The highest BCUT2D eigenvalue weighted by molar-refractivity contribution is 5.93. The van der Waals surface area contributed by atoms with E-state index in [1.807, 2.05) is 13.8 Å². The van der Waals surface area contributed by atoms with Crippen LogP contribution in [0.25, 0.3) is 0 Å². The van der Waals surface area contributed by atoms with E-state index < -0.39 is 11.0 Å². The largest absolute Gasteiger partial charge is 0.373 e. The van der Waals surface area contributed by atoms with Gasteiger partial charge in [-0.3, -0.25) is 9.59 Å². The van der Waals surface area contributed by atoms with Crippen LogP contribution in [-0.4, -0.2) is 22.8 Å². The van der Waals surface area contributed by atoms with E-state index in [1.54, 1.807) is 13.8 Å². The molecule has 0 saturated heterocycles. The Labute approximate surface area is 108 Å². The van der Waals surface area contributed by atoms with Crippen molar-refractivity contribution in [3.8, 4) is 11.8 Å². The number of rotatable bonds is 1. The molecule has 0 heterocycles. The maximum Gasteiger partial charge on any atom is 0.156 e. The minimum Gasteiger partial charge on any atom is -0.373 e. The smallest absolute Gasteiger partial charge is 0.156 e. The van der Waals surface area contributed by atoms with Crippen LogP contribution < -0.4 is 0 Å². The molecule has 18 heavy (non-hydrogen) atoms. The average Bonchev–Trinajstić information content (AvgIpc) is 2.23. The first-order valence-electron chi connectivity index (χ1n) is 5.82. The van der Waals surface area contributed by atoms with E-state index in [1.165, 1.54) is 12.2 Å². The lowest BCUT2D eigenvalue weighted by Gasteiger charge is -2.42. The van der Waals surface area contributed by atoms with Gasteiger partial charge in [0.15, 0.2) is 11.4 Å². The number of hydrogen-bond donors (Lipinski definition) is 1. The van der Waals surface area contributed by atoms with Crippen molar-refractivity contribution in [1.29, 1.82) is 0 Å². The van der Waals surface area contributed by atoms with E-state index in [9.17, 15) is 14.7 Å². The SMILES string of the molecule is CC1=CC(=O)CC(C)(C)[C@]1(O)C#C/C(C)=C\C=O. The van der Waals surface area contributed by atoms with Crippen LogP contribution in [0, 0.1) is 17.3 Å². The molecule has 1 rings (SSSR count). The molecule has 0 aromatic heterocycles. The van der Waals surface area contributed by atoms with Gasteiger partial charge in [0.05, 0.1) is 0 Å². The maximum absolute atomic E-state index is 11.5. The summed E-state index contributed by atoms with van der Waals surface area (Å²) in [5, 5.41) is 10.7. The third kappa shape index (κ3) is 2.60.